The third-order valence-corrected chi connectivity index (χ3v) is 6.04. The van der Waals surface area contributed by atoms with Gasteiger partial charge in [0.1, 0.15) is 18.1 Å². The van der Waals surface area contributed by atoms with Gasteiger partial charge in [-0.3, -0.25) is 14.4 Å². The van der Waals surface area contributed by atoms with E-state index in [0.29, 0.717) is 24.9 Å². The molecule has 0 fully saturated rings. The number of amides is 3. The van der Waals surface area contributed by atoms with Crippen LogP contribution in [0.5, 0.6) is 0 Å². The van der Waals surface area contributed by atoms with E-state index >= 15 is 0 Å². The molecule has 0 aliphatic rings. The van der Waals surface area contributed by atoms with Crippen molar-refractivity contribution < 1.29 is 29.4 Å². The van der Waals surface area contributed by atoms with E-state index in [1.807, 2.05) is 24.3 Å². The van der Waals surface area contributed by atoms with Gasteiger partial charge in [-0.15, -0.1) is 0 Å². The molecule has 0 radical (unpaired) electrons. The summed E-state index contributed by atoms with van der Waals surface area (Å²) in [6.07, 6.45) is 3.14. The number of carboxylic acid groups (broad SMARTS) is 1. The van der Waals surface area contributed by atoms with E-state index in [9.17, 15) is 29.4 Å². The van der Waals surface area contributed by atoms with E-state index < -0.39 is 54.5 Å². The number of aromatic nitrogens is 1. The van der Waals surface area contributed by atoms with Crippen molar-refractivity contribution in [3.8, 4) is 0 Å². The number of benzene rings is 1. The maximum Gasteiger partial charge on any atom is 0.328 e. The number of unbranched alkanes of at least 4 members (excludes halogenated alkanes) is 1. The molecule has 1 heterocycles. The first-order chi connectivity index (χ1) is 17.2. The first-order valence-corrected chi connectivity index (χ1v) is 12.2. The fourth-order valence-corrected chi connectivity index (χ4v) is 3.75. The van der Waals surface area contributed by atoms with Crippen LogP contribution < -0.4 is 27.4 Å². The van der Waals surface area contributed by atoms with Crippen molar-refractivity contribution in [2.75, 3.05) is 18.9 Å². The molecule has 0 aliphatic carbocycles. The van der Waals surface area contributed by atoms with Crippen molar-refractivity contribution in [1.82, 2.24) is 20.9 Å². The molecule has 198 valence electrons. The van der Waals surface area contributed by atoms with Crippen LogP contribution in [0.2, 0.25) is 0 Å². The quantitative estimate of drug-likeness (QED) is 0.100. The molecule has 36 heavy (non-hydrogen) atoms. The van der Waals surface area contributed by atoms with Gasteiger partial charge in [-0.25, -0.2) is 4.79 Å². The van der Waals surface area contributed by atoms with Crippen molar-refractivity contribution in [2.24, 2.45) is 11.5 Å². The van der Waals surface area contributed by atoms with Gasteiger partial charge < -0.3 is 42.6 Å². The summed E-state index contributed by atoms with van der Waals surface area (Å²) >= 11 is 4.01. The minimum Gasteiger partial charge on any atom is -0.480 e. The molecule has 12 nitrogen and oxygen atoms in total. The van der Waals surface area contributed by atoms with E-state index in [1.165, 1.54) is 0 Å². The molecule has 0 bridgehead atoms. The maximum atomic E-state index is 13.2. The summed E-state index contributed by atoms with van der Waals surface area (Å²) in [4.78, 5) is 53.0. The molecule has 4 unspecified atom stereocenters. The van der Waals surface area contributed by atoms with Crippen LogP contribution in [-0.2, 0) is 25.6 Å². The topological polar surface area (TPSA) is 213 Å². The van der Waals surface area contributed by atoms with Gasteiger partial charge in [0.2, 0.25) is 17.7 Å². The molecule has 4 atom stereocenters. The van der Waals surface area contributed by atoms with Gasteiger partial charge in [0, 0.05) is 29.3 Å². The molecule has 0 aliphatic heterocycles. The summed E-state index contributed by atoms with van der Waals surface area (Å²) in [7, 11) is 0. The predicted octanol–water partition coefficient (Wildman–Crippen LogP) is -1.37. The number of carboxylic acids is 1. The van der Waals surface area contributed by atoms with Crippen LogP contribution >= 0.6 is 12.6 Å². The second-order valence-electron chi connectivity index (χ2n) is 8.34. The smallest absolute Gasteiger partial charge is 0.328 e. The van der Waals surface area contributed by atoms with Crippen molar-refractivity contribution in [3.05, 3.63) is 36.0 Å². The van der Waals surface area contributed by atoms with Crippen molar-refractivity contribution in [1.29, 1.82) is 0 Å². The van der Waals surface area contributed by atoms with Gasteiger partial charge in [-0.1, -0.05) is 18.2 Å². The Bertz CT molecular complexity index is 1050. The second kappa shape index (κ2) is 14.4. The van der Waals surface area contributed by atoms with Crippen LogP contribution in [0.4, 0.5) is 0 Å². The zero-order valence-corrected chi connectivity index (χ0v) is 20.7. The molecule has 0 saturated carbocycles. The number of rotatable bonds is 15. The third kappa shape index (κ3) is 8.22. The number of aliphatic hydroxyl groups is 1. The normalized spacial score (nSPS) is 14.4. The predicted molar refractivity (Wildman–Crippen MR) is 137 cm³/mol. The Morgan fingerprint density at radius 2 is 1.61 bits per heavy atom. The number of hydrogen-bond acceptors (Lipinski definition) is 8. The molecule has 2 rings (SSSR count). The van der Waals surface area contributed by atoms with Crippen LogP contribution in [0.15, 0.2) is 30.5 Å². The van der Waals surface area contributed by atoms with Crippen LogP contribution in [0.1, 0.15) is 24.8 Å². The average Bonchev–Trinajstić information content (AvgIpc) is 3.28. The van der Waals surface area contributed by atoms with E-state index in [1.54, 1.807) is 6.20 Å². The number of aliphatic hydroxyl groups excluding tert-OH is 1. The summed E-state index contributed by atoms with van der Waals surface area (Å²) in [5.74, 6) is -3.35. The van der Waals surface area contributed by atoms with Gasteiger partial charge in [-0.2, -0.15) is 12.6 Å². The first kappa shape index (κ1) is 29.1. The van der Waals surface area contributed by atoms with Gasteiger partial charge >= 0.3 is 5.97 Å². The molecule has 1 aromatic carbocycles. The van der Waals surface area contributed by atoms with Crippen LogP contribution in [0.3, 0.4) is 0 Å². The highest BCUT2D eigenvalue weighted by Crippen LogP contribution is 2.19. The Hall–Kier alpha value is -3.13. The van der Waals surface area contributed by atoms with E-state index in [2.05, 4.69) is 33.6 Å². The molecule has 13 heteroatoms. The number of nitrogens with two attached hydrogens (primary N) is 2. The van der Waals surface area contributed by atoms with Gasteiger partial charge in [0.15, 0.2) is 0 Å². The van der Waals surface area contributed by atoms with Crippen LogP contribution in [0, 0.1) is 0 Å². The van der Waals surface area contributed by atoms with Gasteiger partial charge in [-0.05, 0) is 37.4 Å². The van der Waals surface area contributed by atoms with Gasteiger partial charge in [0.05, 0.1) is 12.6 Å². The summed E-state index contributed by atoms with van der Waals surface area (Å²) in [5, 5.41) is 26.8. The van der Waals surface area contributed by atoms with Crippen molar-refractivity contribution in [3.63, 3.8) is 0 Å². The zero-order chi connectivity index (χ0) is 26.7. The lowest BCUT2D eigenvalue weighted by atomic mass is 10.0. The number of para-hydroxylation sites is 1. The number of carbonyl (C=O) groups is 4. The number of nitrogens with one attached hydrogen (secondary N) is 4. The fourth-order valence-electron chi connectivity index (χ4n) is 3.58. The van der Waals surface area contributed by atoms with E-state index in [4.69, 9.17) is 11.5 Å². The Kier molecular flexibility index (Phi) is 11.7. The molecule has 10 N–H and O–H groups in total. The summed E-state index contributed by atoms with van der Waals surface area (Å²) in [5.41, 5.74) is 12.8. The number of carbonyl (C=O) groups excluding carboxylic acids is 3. The van der Waals surface area contributed by atoms with Crippen LogP contribution in [0.25, 0.3) is 10.9 Å². The lowest BCUT2D eigenvalue weighted by Crippen LogP contribution is -2.58. The lowest BCUT2D eigenvalue weighted by molar-refractivity contribution is -0.143. The zero-order valence-electron chi connectivity index (χ0n) is 19.8. The largest absolute Gasteiger partial charge is 0.480 e. The highest BCUT2D eigenvalue weighted by Gasteiger charge is 2.30. The Morgan fingerprint density at radius 1 is 0.972 bits per heavy atom. The molecule has 0 saturated heterocycles. The van der Waals surface area contributed by atoms with Crippen molar-refractivity contribution in [2.45, 2.75) is 49.9 Å². The maximum absolute atomic E-state index is 13.2. The van der Waals surface area contributed by atoms with Crippen molar-refractivity contribution >= 4 is 47.2 Å². The van der Waals surface area contributed by atoms with E-state index in [0.717, 1.165) is 10.9 Å². The monoisotopic (exact) mass is 522 g/mol. The molecular weight excluding hydrogens is 488 g/mol. The minimum atomic E-state index is -1.55. The number of hydrogen-bond donors (Lipinski definition) is 9. The third-order valence-electron chi connectivity index (χ3n) is 5.64. The molecular formula is C23H34N6O6S. The first-order valence-electron chi connectivity index (χ1n) is 11.6. The molecule has 1 aromatic heterocycles. The minimum absolute atomic E-state index is 0.0268. The number of aromatic amines is 1. The van der Waals surface area contributed by atoms with Crippen LogP contribution in [-0.4, -0.2) is 82.0 Å². The Morgan fingerprint density at radius 3 is 2.25 bits per heavy atom. The lowest BCUT2D eigenvalue weighted by Gasteiger charge is -2.25. The number of fused-ring (bicyclic) bond motifs is 1. The highest BCUT2D eigenvalue weighted by atomic mass is 32.1. The summed E-state index contributed by atoms with van der Waals surface area (Å²) < 4.78 is 0. The SMILES string of the molecule is NCCCCC(NC(=O)C(N)CS)C(=O)NC(Cc1c[nH]c2ccccc12)C(=O)NC(CO)C(=O)O. The average molecular weight is 523 g/mol. The molecule has 2 aromatic rings. The number of aliphatic carboxylic acids is 1. The Labute approximate surface area is 214 Å². The summed E-state index contributed by atoms with van der Waals surface area (Å²) in [6, 6.07) is 2.70. The Balaban J connectivity index is 2.28. The highest BCUT2D eigenvalue weighted by molar-refractivity contribution is 7.80. The molecule has 0 spiro atoms. The van der Waals surface area contributed by atoms with E-state index in [-0.39, 0.29) is 18.6 Å². The second-order valence-corrected chi connectivity index (χ2v) is 8.71. The molecule has 3 amide bonds. The number of H-pyrrole nitrogens is 1. The fraction of sp³-hybridized carbons (Fsp3) is 0.478. The number of thiol groups is 1. The summed E-state index contributed by atoms with van der Waals surface area (Å²) in [6.45, 7) is -0.421. The van der Waals surface area contributed by atoms with Gasteiger partial charge in [0.25, 0.3) is 0 Å². The standard InChI is InChI=1S/C23H34N6O6S/c24-8-4-3-7-17(27-20(31)15(25)12-36)21(32)28-18(22(33)29-19(11-30)23(34)35)9-13-10-26-16-6-2-1-5-14(13)16/h1-2,5-6,10,15,17-19,26,30,36H,3-4,7-9,11-12,24-25H2,(H,27,31)(H,28,32)(H,29,33)(H,34,35).